The van der Waals surface area contributed by atoms with E-state index < -0.39 is 0 Å². The molecule has 0 radical (unpaired) electrons. The Morgan fingerprint density at radius 1 is 1.26 bits per heavy atom. The number of aromatic nitrogens is 2. The SMILES string of the molecule is CC(C)c1nnc(C2CC3(CN(C(=O)COc4ccccc4)C3)CN2C)o1. The molecule has 4 rings (SSSR count). The summed E-state index contributed by atoms with van der Waals surface area (Å²) in [6, 6.07) is 9.57. The maximum Gasteiger partial charge on any atom is 0.260 e. The molecule has 27 heavy (non-hydrogen) atoms. The van der Waals surface area contributed by atoms with Crippen LogP contribution < -0.4 is 4.74 Å². The second kappa shape index (κ2) is 6.96. The number of amides is 1. The molecule has 2 aliphatic heterocycles. The van der Waals surface area contributed by atoms with Crippen LogP contribution in [0.1, 0.15) is 44.0 Å². The van der Waals surface area contributed by atoms with Crippen molar-refractivity contribution in [3.05, 3.63) is 42.1 Å². The first-order chi connectivity index (χ1) is 13.0. The molecule has 0 bridgehead atoms. The van der Waals surface area contributed by atoms with Crippen LogP contribution in [0.5, 0.6) is 5.75 Å². The minimum atomic E-state index is 0.0375. The monoisotopic (exact) mass is 370 g/mol. The molecular formula is C20H26N4O3. The third-order valence-electron chi connectivity index (χ3n) is 5.49. The van der Waals surface area contributed by atoms with Crippen molar-refractivity contribution in [2.75, 3.05) is 33.3 Å². The lowest BCUT2D eigenvalue weighted by atomic mass is 9.77. The number of rotatable bonds is 5. The van der Waals surface area contributed by atoms with Crippen LogP contribution in [-0.4, -0.2) is 59.2 Å². The molecule has 2 aliphatic rings. The van der Waals surface area contributed by atoms with Crippen molar-refractivity contribution in [1.29, 1.82) is 0 Å². The molecule has 2 aromatic rings. The van der Waals surface area contributed by atoms with Gasteiger partial charge in [0.25, 0.3) is 5.91 Å². The first-order valence-corrected chi connectivity index (χ1v) is 9.45. The minimum Gasteiger partial charge on any atom is -0.484 e. The summed E-state index contributed by atoms with van der Waals surface area (Å²) >= 11 is 0. The summed E-state index contributed by atoms with van der Waals surface area (Å²) < 4.78 is 11.4. The van der Waals surface area contributed by atoms with Crippen molar-refractivity contribution in [3.8, 4) is 5.75 Å². The van der Waals surface area contributed by atoms with Gasteiger partial charge in [0.15, 0.2) is 6.61 Å². The molecule has 0 N–H and O–H groups in total. The third-order valence-corrected chi connectivity index (χ3v) is 5.49. The molecule has 7 heteroatoms. The predicted octanol–water partition coefficient (Wildman–Crippen LogP) is 2.48. The van der Waals surface area contributed by atoms with Gasteiger partial charge in [0.1, 0.15) is 5.75 Å². The second-order valence-electron chi connectivity index (χ2n) is 8.12. The molecule has 1 spiro atoms. The van der Waals surface area contributed by atoms with Gasteiger partial charge < -0.3 is 14.1 Å². The van der Waals surface area contributed by atoms with E-state index in [1.807, 2.05) is 49.1 Å². The molecular weight excluding hydrogens is 344 g/mol. The van der Waals surface area contributed by atoms with Gasteiger partial charge in [0.05, 0.1) is 6.04 Å². The number of para-hydroxylation sites is 1. The number of likely N-dealkylation sites (tertiary alicyclic amines) is 2. The molecule has 1 aromatic carbocycles. The van der Waals surface area contributed by atoms with Crippen LogP contribution in [0.15, 0.2) is 34.7 Å². The molecule has 2 saturated heterocycles. The van der Waals surface area contributed by atoms with E-state index in [0.717, 1.165) is 31.8 Å². The number of hydrogen-bond donors (Lipinski definition) is 0. The highest BCUT2D eigenvalue weighted by Crippen LogP contribution is 2.47. The molecule has 0 saturated carbocycles. The van der Waals surface area contributed by atoms with Gasteiger partial charge >= 0.3 is 0 Å². The van der Waals surface area contributed by atoms with Crippen molar-refractivity contribution >= 4 is 5.91 Å². The van der Waals surface area contributed by atoms with Crippen molar-refractivity contribution in [1.82, 2.24) is 20.0 Å². The standard InChI is InChI=1S/C20H26N4O3/c1-14(2)18-21-22-19(27-18)16-9-20(11-23(16)3)12-24(13-20)17(25)10-26-15-7-5-4-6-8-15/h4-8,14,16H,9-13H2,1-3H3. The third kappa shape index (κ3) is 3.56. The van der Waals surface area contributed by atoms with Crippen LogP contribution in [0.3, 0.4) is 0 Å². The molecule has 1 amide bonds. The molecule has 3 heterocycles. The fraction of sp³-hybridized carbons (Fsp3) is 0.550. The highest BCUT2D eigenvalue weighted by Gasteiger charge is 2.53. The van der Waals surface area contributed by atoms with Gasteiger partial charge in [0.2, 0.25) is 11.8 Å². The second-order valence-corrected chi connectivity index (χ2v) is 8.12. The predicted molar refractivity (Wildman–Crippen MR) is 99.3 cm³/mol. The van der Waals surface area contributed by atoms with Crippen molar-refractivity contribution in [2.24, 2.45) is 5.41 Å². The Morgan fingerprint density at radius 2 is 2.00 bits per heavy atom. The Labute approximate surface area is 159 Å². The maximum atomic E-state index is 12.4. The lowest BCUT2D eigenvalue weighted by Gasteiger charge is -2.48. The highest BCUT2D eigenvalue weighted by molar-refractivity contribution is 5.78. The zero-order valence-corrected chi connectivity index (χ0v) is 16.1. The Kier molecular flexibility index (Phi) is 4.63. The summed E-state index contributed by atoms with van der Waals surface area (Å²) in [6.45, 7) is 6.63. The summed E-state index contributed by atoms with van der Waals surface area (Å²) in [5.41, 5.74) is 0.119. The van der Waals surface area contributed by atoms with Crippen LogP contribution in [0.25, 0.3) is 0 Å². The zero-order valence-electron chi connectivity index (χ0n) is 16.1. The van der Waals surface area contributed by atoms with Gasteiger partial charge in [-0.1, -0.05) is 32.0 Å². The van der Waals surface area contributed by atoms with E-state index in [4.69, 9.17) is 9.15 Å². The van der Waals surface area contributed by atoms with E-state index in [1.54, 1.807) is 0 Å². The number of hydrogen-bond acceptors (Lipinski definition) is 6. The Morgan fingerprint density at radius 3 is 2.67 bits per heavy atom. The van der Waals surface area contributed by atoms with E-state index >= 15 is 0 Å². The largest absolute Gasteiger partial charge is 0.484 e. The van der Waals surface area contributed by atoms with E-state index in [1.165, 1.54) is 0 Å². The van der Waals surface area contributed by atoms with Gasteiger partial charge in [-0.15, -0.1) is 10.2 Å². The number of nitrogens with zero attached hydrogens (tertiary/aromatic N) is 4. The summed E-state index contributed by atoms with van der Waals surface area (Å²) in [5.74, 6) is 2.36. The Balaban J connectivity index is 1.32. The van der Waals surface area contributed by atoms with Crippen LogP contribution in [0, 0.1) is 5.41 Å². The summed E-state index contributed by atoms with van der Waals surface area (Å²) in [6.07, 6.45) is 0.937. The average Bonchev–Trinajstić information content (AvgIpc) is 3.24. The van der Waals surface area contributed by atoms with Gasteiger partial charge in [-0.25, -0.2) is 0 Å². The van der Waals surface area contributed by atoms with Crippen molar-refractivity contribution in [2.45, 2.75) is 32.2 Å². The smallest absolute Gasteiger partial charge is 0.260 e. The van der Waals surface area contributed by atoms with Gasteiger partial charge in [-0.05, 0) is 25.6 Å². The Bertz CT molecular complexity index is 799. The van der Waals surface area contributed by atoms with Gasteiger partial charge in [-0.2, -0.15) is 0 Å². The summed E-state index contributed by atoms with van der Waals surface area (Å²) in [7, 11) is 2.08. The fourth-order valence-corrected chi connectivity index (χ4v) is 4.08. The van der Waals surface area contributed by atoms with Crippen LogP contribution in [0.4, 0.5) is 0 Å². The number of carbonyl (C=O) groups is 1. The van der Waals surface area contributed by atoms with E-state index in [0.29, 0.717) is 11.8 Å². The maximum absolute atomic E-state index is 12.4. The molecule has 2 fully saturated rings. The highest BCUT2D eigenvalue weighted by atomic mass is 16.5. The number of ether oxygens (including phenoxy) is 1. The molecule has 0 aliphatic carbocycles. The molecule has 7 nitrogen and oxygen atoms in total. The topological polar surface area (TPSA) is 71.7 Å². The van der Waals surface area contributed by atoms with Crippen LogP contribution >= 0.6 is 0 Å². The number of carbonyl (C=O) groups excluding carboxylic acids is 1. The van der Waals surface area contributed by atoms with Gasteiger partial charge in [-0.3, -0.25) is 9.69 Å². The van der Waals surface area contributed by atoms with Crippen molar-refractivity contribution in [3.63, 3.8) is 0 Å². The van der Waals surface area contributed by atoms with Crippen molar-refractivity contribution < 1.29 is 13.9 Å². The molecule has 144 valence electrons. The quantitative estimate of drug-likeness (QED) is 0.805. The molecule has 1 unspecified atom stereocenters. The summed E-state index contributed by atoms with van der Waals surface area (Å²) in [4.78, 5) is 16.5. The van der Waals surface area contributed by atoms with E-state index in [-0.39, 0.29) is 29.9 Å². The van der Waals surface area contributed by atoms with Crippen LogP contribution in [0.2, 0.25) is 0 Å². The lowest BCUT2D eigenvalue weighted by Crippen LogP contribution is -2.60. The minimum absolute atomic E-state index is 0.0375. The normalized spacial score (nSPS) is 21.6. The van der Waals surface area contributed by atoms with Crippen LogP contribution in [-0.2, 0) is 4.79 Å². The average molecular weight is 370 g/mol. The molecule has 1 aromatic heterocycles. The Hall–Kier alpha value is -2.41. The zero-order chi connectivity index (χ0) is 19.0. The van der Waals surface area contributed by atoms with E-state index in [9.17, 15) is 4.79 Å². The van der Waals surface area contributed by atoms with E-state index in [2.05, 4.69) is 22.1 Å². The summed E-state index contributed by atoms with van der Waals surface area (Å²) in [5, 5.41) is 8.41. The lowest BCUT2D eigenvalue weighted by molar-refractivity contribution is -0.144. The number of benzene rings is 1. The first kappa shape index (κ1) is 18.0. The molecule has 1 atom stereocenters. The van der Waals surface area contributed by atoms with Gasteiger partial charge in [0, 0.05) is 31.0 Å². The fourth-order valence-electron chi connectivity index (χ4n) is 4.08. The first-order valence-electron chi connectivity index (χ1n) is 9.45.